The highest BCUT2D eigenvalue weighted by Crippen LogP contribution is 2.41. The van der Waals surface area contributed by atoms with Gasteiger partial charge < -0.3 is 14.7 Å². The quantitative estimate of drug-likeness (QED) is 0.732. The summed E-state index contributed by atoms with van der Waals surface area (Å²) in [7, 11) is 0. The van der Waals surface area contributed by atoms with Crippen molar-refractivity contribution in [1.29, 1.82) is 0 Å². The number of benzene rings is 1. The Hall–Kier alpha value is -2.08. The van der Waals surface area contributed by atoms with Crippen molar-refractivity contribution in [2.24, 2.45) is 5.41 Å². The van der Waals surface area contributed by atoms with E-state index in [-0.39, 0.29) is 17.4 Å². The van der Waals surface area contributed by atoms with Gasteiger partial charge in [-0.1, -0.05) is 24.6 Å². The van der Waals surface area contributed by atoms with Crippen molar-refractivity contribution in [3.63, 3.8) is 0 Å². The maximum atomic E-state index is 13.3. The number of carbonyl (C=O) groups excluding carboxylic acids is 2. The van der Waals surface area contributed by atoms with Gasteiger partial charge in [-0.25, -0.2) is 4.79 Å². The minimum absolute atomic E-state index is 0.141. The van der Waals surface area contributed by atoms with E-state index in [2.05, 4.69) is 14.7 Å². The first-order valence-corrected chi connectivity index (χ1v) is 12.3. The molecule has 0 atom stereocenters. The molecule has 1 aromatic rings. The van der Waals surface area contributed by atoms with Gasteiger partial charge in [-0.15, -0.1) is 0 Å². The average molecular weight is 425 g/mol. The van der Waals surface area contributed by atoms with E-state index >= 15 is 0 Å². The Morgan fingerprint density at radius 3 is 2.13 bits per heavy atom. The number of urea groups is 1. The van der Waals surface area contributed by atoms with Gasteiger partial charge in [-0.05, 0) is 56.1 Å². The molecule has 1 aliphatic carbocycles. The van der Waals surface area contributed by atoms with Crippen LogP contribution in [-0.2, 0) is 0 Å². The normalized spacial score (nSPS) is 24.8. The van der Waals surface area contributed by atoms with Gasteiger partial charge in [0.2, 0.25) is 0 Å². The van der Waals surface area contributed by atoms with Gasteiger partial charge in [0.1, 0.15) is 0 Å². The number of likely N-dealkylation sites (tertiary alicyclic amines) is 2. The van der Waals surface area contributed by atoms with Gasteiger partial charge >= 0.3 is 6.03 Å². The number of carbonyl (C=O) groups is 2. The summed E-state index contributed by atoms with van der Waals surface area (Å²) in [6.45, 7) is 7.28. The second kappa shape index (κ2) is 8.81. The van der Waals surface area contributed by atoms with E-state index in [0.717, 1.165) is 89.6 Å². The summed E-state index contributed by atoms with van der Waals surface area (Å²) in [5, 5.41) is 0. The highest BCUT2D eigenvalue weighted by molar-refractivity contribution is 5.94. The Bertz CT molecular complexity index is 786. The van der Waals surface area contributed by atoms with Crippen LogP contribution in [0.2, 0.25) is 0 Å². The molecule has 4 aliphatic rings. The maximum absolute atomic E-state index is 13.3. The summed E-state index contributed by atoms with van der Waals surface area (Å²) in [6.07, 6.45) is 8.23. The highest BCUT2D eigenvalue weighted by Gasteiger charge is 2.43. The molecule has 3 saturated heterocycles. The van der Waals surface area contributed by atoms with E-state index in [0.29, 0.717) is 0 Å². The topological polar surface area (TPSA) is 47.1 Å². The molecule has 5 rings (SSSR count). The lowest BCUT2D eigenvalue weighted by Crippen LogP contribution is -2.47. The van der Waals surface area contributed by atoms with Gasteiger partial charge in [0.25, 0.3) is 5.91 Å². The molecular weight excluding hydrogens is 388 g/mol. The number of hydrogen-bond donors (Lipinski definition) is 0. The van der Waals surface area contributed by atoms with Crippen LogP contribution in [0.3, 0.4) is 0 Å². The maximum Gasteiger partial charge on any atom is 0.320 e. The second-order valence-corrected chi connectivity index (χ2v) is 10.1. The Morgan fingerprint density at radius 2 is 1.45 bits per heavy atom. The average Bonchev–Trinajstić information content (AvgIpc) is 3.02. The molecule has 0 unspecified atom stereocenters. The van der Waals surface area contributed by atoms with Crippen molar-refractivity contribution in [1.82, 2.24) is 19.6 Å². The van der Waals surface area contributed by atoms with E-state index in [4.69, 9.17) is 0 Å². The van der Waals surface area contributed by atoms with Crippen molar-refractivity contribution in [2.45, 2.75) is 51.0 Å². The van der Waals surface area contributed by atoms with E-state index in [1.807, 2.05) is 35.2 Å². The highest BCUT2D eigenvalue weighted by atomic mass is 16.2. The lowest BCUT2D eigenvalue weighted by molar-refractivity contribution is 0.0589. The summed E-state index contributed by atoms with van der Waals surface area (Å²) < 4.78 is 0. The standard InChI is InChI=1S/C25H36N4O2/c30-23(21-6-2-1-3-7-21)27-15-10-25(11-16-27)12-17-29(20-25)24(31)28-14-5-13-26(18-19-28)22-8-4-9-22/h1-3,6-7,22H,4-5,8-20H2. The number of hydrogen-bond acceptors (Lipinski definition) is 3. The third kappa shape index (κ3) is 4.32. The summed E-state index contributed by atoms with van der Waals surface area (Å²) in [5.74, 6) is 0.141. The Kier molecular flexibility index (Phi) is 5.91. The van der Waals surface area contributed by atoms with Crippen LogP contribution in [0.25, 0.3) is 0 Å². The number of piperidine rings is 1. The predicted molar refractivity (Wildman–Crippen MR) is 121 cm³/mol. The molecule has 0 bridgehead atoms. The Morgan fingerprint density at radius 1 is 0.742 bits per heavy atom. The first kappa shape index (κ1) is 20.8. The van der Waals surface area contributed by atoms with Crippen LogP contribution in [0.1, 0.15) is 55.3 Å². The molecule has 1 saturated carbocycles. The van der Waals surface area contributed by atoms with Crippen molar-refractivity contribution in [2.75, 3.05) is 52.4 Å². The van der Waals surface area contributed by atoms with Crippen molar-refractivity contribution in [3.05, 3.63) is 35.9 Å². The summed E-state index contributed by atoms with van der Waals surface area (Å²) in [4.78, 5) is 34.8. The van der Waals surface area contributed by atoms with Crippen LogP contribution in [0.5, 0.6) is 0 Å². The van der Waals surface area contributed by atoms with E-state index in [9.17, 15) is 9.59 Å². The van der Waals surface area contributed by atoms with Crippen molar-refractivity contribution in [3.8, 4) is 0 Å². The van der Waals surface area contributed by atoms with E-state index in [1.54, 1.807) is 0 Å². The van der Waals surface area contributed by atoms with Gasteiger partial charge in [0.05, 0.1) is 0 Å². The van der Waals surface area contributed by atoms with E-state index < -0.39 is 0 Å². The lowest BCUT2D eigenvalue weighted by Gasteiger charge is -2.39. The molecule has 31 heavy (non-hydrogen) atoms. The molecular formula is C25H36N4O2. The minimum Gasteiger partial charge on any atom is -0.339 e. The Labute approximate surface area is 186 Å². The van der Waals surface area contributed by atoms with Crippen LogP contribution in [0.4, 0.5) is 4.79 Å². The summed E-state index contributed by atoms with van der Waals surface area (Å²) in [6, 6.07) is 10.6. The zero-order valence-electron chi connectivity index (χ0n) is 18.7. The second-order valence-electron chi connectivity index (χ2n) is 10.1. The lowest BCUT2D eigenvalue weighted by atomic mass is 9.77. The first-order chi connectivity index (χ1) is 15.1. The molecule has 4 fully saturated rings. The molecule has 1 spiro atoms. The zero-order valence-corrected chi connectivity index (χ0v) is 18.7. The summed E-state index contributed by atoms with van der Waals surface area (Å²) >= 11 is 0. The fourth-order valence-electron chi connectivity index (χ4n) is 5.90. The van der Waals surface area contributed by atoms with Crippen LogP contribution >= 0.6 is 0 Å². The molecule has 168 valence electrons. The zero-order chi connectivity index (χ0) is 21.3. The third-order valence-corrected chi connectivity index (χ3v) is 8.23. The summed E-state index contributed by atoms with van der Waals surface area (Å²) in [5.41, 5.74) is 0.978. The molecule has 0 aromatic heterocycles. The molecule has 6 heteroatoms. The Balaban J connectivity index is 1.13. The number of nitrogens with zero attached hydrogens (tertiary/aromatic N) is 4. The molecule has 0 N–H and O–H groups in total. The van der Waals surface area contributed by atoms with Crippen molar-refractivity contribution >= 4 is 11.9 Å². The van der Waals surface area contributed by atoms with Crippen LogP contribution < -0.4 is 0 Å². The van der Waals surface area contributed by atoms with Gasteiger partial charge in [0, 0.05) is 64.0 Å². The van der Waals surface area contributed by atoms with Crippen LogP contribution in [0, 0.1) is 5.41 Å². The molecule has 6 nitrogen and oxygen atoms in total. The number of rotatable bonds is 2. The molecule has 3 heterocycles. The molecule has 1 aromatic carbocycles. The third-order valence-electron chi connectivity index (χ3n) is 8.23. The van der Waals surface area contributed by atoms with Crippen LogP contribution in [-0.4, -0.2) is 89.9 Å². The van der Waals surface area contributed by atoms with Crippen molar-refractivity contribution < 1.29 is 9.59 Å². The fraction of sp³-hybridized carbons (Fsp3) is 0.680. The largest absolute Gasteiger partial charge is 0.339 e. The smallest absolute Gasteiger partial charge is 0.320 e. The minimum atomic E-state index is 0.141. The molecule has 3 amide bonds. The van der Waals surface area contributed by atoms with Gasteiger partial charge in [-0.2, -0.15) is 0 Å². The van der Waals surface area contributed by atoms with Crippen LogP contribution in [0.15, 0.2) is 30.3 Å². The number of amides is 3. The molecule has 0 radical (unpaired) electrons. The SMILES string of the molecule is O=C(c1ccccc1)N1CCC2(CC1)CCN(C(=O)N1CCCN(C3CCC3)CC1)C2. The van der Waals surface area contributed by atoms with E-state index in [1.165, 1.54) is 19.3 Å². The monoisotopic (exact) mass is 424 g/mol. The molecule has 3 aliphatic heterocycles. The van der Waals surface area contributed by atoms with Gasteiger partial charge in [0.15, 0.2) is 0 Å². The first-order valence-electron chi connectivity index (χ1n) is 12.3. The predicted octanol–water partition coefficient (Wildman–Crippen LogP) is 3.29. The fourth-order valence-corrected chi connectivity index (χ4v) is 5.90. The van der Waals surface area contributed by atoms with Gasteiger partial charge in [-0.3, -0.25) is 9.69 Å².